The Labute approximate surface area is 67.0 Å². The topological polar surface area (TPSA) is 51.1 Å². The van der Waals surface area contributed by atoms with Crippen molar-refractivity contribution in [3.05, 3.63) is 23.8 Å². The van der Waals surface area contributed by atoms with E-state index in [1.54, 1.807) is 0 Å². The van der Waals surface area contributed by atoms with Crippen molar-refractivity contribution in [1.82, 2.24) is 9.88 Å². The van der Waals surface area contributed by atoms with Gasteiger partial charge in [0.15, 0.2) is 0 Å². The van der Waals surface area contributed by atoms with E-state index in [1.165, 1.54) is 6.07 Å². The second kappa shape index (κ2) is 2.17. The molecule has 0 spiro atoms. The third-order valence-corrected chi connectivity index (χ3v) is 1.67. The molecule has 62 valence electrons. The van der Waals surface area contributed by atoms with Gasteiger partial charge in [-0.25, -0.2) is 9.18 Å². The lowest BCUT2D eigenvalue weighted by atomic mass is 10.2. The fourth-order valence-corrected chi connectivity index (χ4v) is 1.19. The van der Waals surface area contributed by atoms with Crippen molar-refractivity contribution in [3.8, 4) is 0 Å². The van der Waals surface area contributed by atoms with E-state index in [0.29, 0.717) is 5.69 Å². The standard InChI is InChI=1S/C7H5FN2O2/c8-4-1-5-2-6(11)9-7(12)10(5)3-4/h1,3H,2H2,(H,9,11,12). The predicted molar refractivity (Wildman–Crippen MR) is 37.0 cm³/mol. The van der Waals surface area contributed by atoms with Crippen LogP contribution < -0.4 is 5.32 Å². The fraction of sp³-hybridized carbons (Fsp3) is 0.143. The van der Waals surface area contributed by atoms with Crippen LogP contribution in [-0.4, -0.2) is 16.5 Å². The summed E-state index contributed by atoms with van der Waals surface area (Å²) in [5.41, 5.74) is 0.390. The molecule has 0 fully saturated rings. The molecular formula is C7H5FN2O2. The van der Waals surface area contributed by atoms with Crippen molar-refractivity contribution in [3.63, 3.8) is 0 Å². The van der Waals surface area contributed by atoms with E-state index in [9.17, 15) is 14.0 Å². The molecule has 0 saturated carbocycles. The van der Waals surface area contributed by atoms with Crippen LogP contribution in [0.3, 0.4) is 0 Å². The lowest BCUT2D eigenvalue weighted by molar-refractivity contribution is -0.119. The summed E-state index contributed by atoms with van der Waals surface area (Å²) in [7, 11) is 0. The van der Waals surface area contributed by atoms with Gasteiger partial charge < -0.3 is 0 Å². The highest BCUT2D eigenvalue weighted by atomic mass is 19.1. The van der Waals surface area contributed by atoms with Gasteiger partial charge in [-0.2, -0.15) is 0 Å². The number of nitrogens with one attached hydrogen (secondary N) is 1. The molecular weight excluding hydrogens is 163 g/mol. The number of carbonyl (C=O) groups is 2. The molecule has 0 aliphatic carbocycles. The number of amides is 2. The second-order valence-corrected chi connectivity index (χ2v) is 2.55. The number of nitrogens with zero attached hydrogens (tertiary/aromatic N) is 1. The van der Waals surface area contributed by atoms with Gasteiger partial charge in [-0.05, 0) is 6.07 Å². The summed E-state index contributed by atoms with van der Waals surface area (Å²) < 4.78 is 13.7. The van der Waals surface area contributed by atoms with Crippen molar-refractivity contribution in [2.75, 3.05) is 0 Å². The highest BCUT2D eigenvalue weighted by molar-refractivity contribution is 5.99. The minimum absolute atomic E-state index is 0.0512. The molecule has 1 aromatic rings. The molecule has 2 rings (SSSR count). The number of halogens is 1. The Morgan fingerprint density at radius 3 is 3.00 bits per heavy atom. The molecule has 1 N–H and O–H groups in total. The maximum Gasteiger partial charge on any atom is 0.332 e. The molecule has 0 atom stereocenters. The highest BCUT2D eigenvalue weighted by Crippen LogP contribution is 2.10. The zero-order valence-electron chi connectivity index (χ0n) is 6.00. The summed E-state index contributed by atoms with van der Waals surface area (Å²) in [6.07, 6.45) is 1.10. The zero-order chi connectivity index (χ0) is 8.72. The van der Waals surface area contributed by atoms with Crippen LogP contribution in [0.5, 0.6) is 0 Å². The van der Waals surface area contributed by atoms with Crippen molar-refractivity contribution in [1.29, 1.82) is 0 Å². The molecule has 0 bridgehead atoms. The van der Waals surface area contributed by atoms with Crippen molar-refractivity contribution < 1.29 is 14.0 Å². The van der Waals surface area contributed by atoms with Crippen LogP contribution in [-0.2, 0) is 11.2 Å². The molecule has 5 heteroatoms. The van der Waals surface area contributed by atoms with Gasteiger partial charge in [0.2, 0.25) is 5.91 Å². The number of fused-ring (bicyclic) bond motifs is 1. The highest BCUT2D eigenvalue weighted by Gasteiger charge is 2.22. The summed E-state index contributed by atoms with van der Waals surface area (Å²) >= 11 is 0. The molecule has 0 saturated heterocycles. The van der Waals surface area contributed by atoms with E-state index in [-0.39, 0.29) is 6.42 Å². The zero-order valence-corrected chi connectivity index (χ0v) is 6.00. The van der Waals surface area contributed by atoms with Gasteiger partial charge in [-0.15, -0.1) is 0 Å². The van der Waals surface area contributed by atoms with Crippen molar-refractivity contribution in [2.24, 2.45) is 0 Å². The molecule has 0 radical (unpaired) electrons. The fourth-order valence-electron chi connectivity index (χ4n) is 1.19. The van der Waals surface area contributed by atoms with Crippen molar-refractivity contribution in [2.45, 2.75) is 6.42 Å². The van der Waals surface area contributed by atoms with Gasteiger partial charge in [0.25, 0.3) is 0 Å². The molecule has 4 nitrogen and oxygen atoms in total. The van der Waals surface area contributed by atoms with Crippen LogP contribution in [0.2, 0.25) is 0 Å². The molecule has 1 aromatic heterocycles. The maximum atomic E-state index is 12.6. The van der Waals surface area contributed by atoms with Crippen molar-refractivity contribution >= 4 is 11.9 Å². The Morgan fingerprint density at radius 1 is 1.50 bits per heavy atom. The number of aromatic nitrogens is 1. The Kier molecular flexibility index (Phi) is 1.27. The molecule has 0 unspecified atom stereocenters. The van der Waals surface area contributed by atoms with E-state index in [2.05, 4.69) is 5.32 Å². The molecule has 2 amide bonds. The summed E-state index contributed by atoms with van der Waals surface area (Å²) in [5.74, 6) is -0.902. The predicted octanol–water partition coefficient (Wildman–Crippen LogP) is 0.268. The molecule has 1 aliphatic rings. The normalized spacial score (nSPS) is 15.8. The third kappa shape index (κ3) is 0.903. The van der Waals surface area contributed by atoms with E-state index >= 15 is 0 Å². The number of rotatable bonds is 0. The summed E-state index contributed by atoms with van der Waals surface area (Å²) in [5, 5.41) is 2.07. The number of hydrogen-bond donors (Lipinski definition) is 1. The van der Waals surface area contributed by atoms with E-state index in [1.807, 2.05) is 0 Å². The first kappa shape index (κ1) is 7.02. The number of carbonyl (C=O) groups excluding carboxylic acids is 2. The average Bonchev–Trinajstić information content (AvgIpc) is 2.29. The monoisotopic (exact) mass is 168 g/mol. The van der Waals surface area contributed by atoms with E-state index in [0.717, 1.165) is 10.8 Å². The SMILES string of the molecule is O=C1Cc2cc(F)cn2C(=O)N1. The first-order valence-electron chi connectivity index (χ1n) is 3.38. The summed E-state index contributed by atoms with van der Waals surface area (Å²) in [4.78, 5) is 21.8. The molecule has 12 heavy (non-hydrogen) atoms. The number of imide groups is 1. The lowest BCUT2D eigenvalue weighted by Crippen LogP contribution is -2.40. The maximum absolute atomic E-state index is 12.6. The quantitative estimate of drug-likeness (QED) is 0.604. The lowest BCUT2D eigenvalue weighted by Gasteiger charge is -2.12. The Hall–Kier alpha value is -1.65. The first-order valence-corrected chi connectivity index (χ1v) is 3.38. The molecule has 0 aromatic carbocycles. The first-order chi connectivity index (χ1) is 5.66. The largest absolute Gasteiger partial charge is 0.332 e. The number of hydrogen-bond acceptors (Lipinski definition) is 2. The van der Waals surface area contributed by atoms with E-state index < -0.39 is 17.8 Å². The van der Waals surface area contributed by atoms with Gasteiger partial charge >= 0.3 is 6.03 Å². The third-order valence-electron chi connectivity index (χ3n) is 1.67. The van der Waals surface area contributed by atoms with Crippen LogP contribution in [0.4, 0.5) is 9.18 Å². The van der Waals surface area contributed by atoms with Gasteiger partial charge in [0.1, 0.15) is 5.82 Å². The van der Waals surface area contributed by atoms with Gasteiger partial charge in [0.05, 0.1) is 6.42 Å². The Bertz CT molecular complexity index is 369. The summed E-state index contributed by atoms with van der Waals surface area (Å²) in [6.45, 7) is 0. The Balaban J connectivity index is 2.53. The van der Waals surface area contributed by atoms with Gasteiger partial charge in [-0.3, -0.25) is 14.7 Å². The van der Waals surface area contributed by atoms with Gasteiger partial charge in [0, 0.05) is 11.9 Å². The van der Waals surface area contributed by atoms with Crippen LogP contribution in [0.15, 0.2) is 12.3 Å². The van der Waals surface area contributed by atoms with Crippen LogP contribution in [0, 0.1) is 5.82 Å². The second-order valence-electron chi connectivity index (χ2n) is 2.55. The average molecular weight is 168 g/mol. The Morgan fingerprint density at radius 2 is 2.25 bits per heavy atom. The van der Waals surface area contributed by atoms with Crippen LogP contribution >= 0.6 is 0 Å². The van der Waals surface area contributed by atoms with Crippen LogP contribution in [0.25, 0.3) is 0 Å². The smallest absolute Gasteiger partial charge is 0.277 e. The minimum Gasteiger partial charge on any atom is -0.277 e. The minimum atomic E-state index is -0.592. The molecule has 2 heterocycles. The van der Waals surface area contributed by atoms with Crippen LogP contribution in [0.1, 0.15) is 5.69 Å². The summed E-state index contributed by atoms with van der Waals surface area (Å²) in [6, 6.07) is 0.585. The van der Waals surface area contributed by atoms with Gasteiger partial charge in [-0.1, -0.05) is 0 Å². The van der Waals surface area contributed by atoms with E-state index in [4.69, 9.17) is 0 Å². The molecule has 1 aliphatic heterocycles.